The Morgan fingerprint density at radius 1 is 0.935 bits per heavy atom. The van der Waals surface area contributed by atoms with Crippen LogP contribution in [0.1, 0.15) is 11.1 Å². The summed E-state index contributed by atoms with van der Waals surface area (Å²) in [5.41, 5.74) is 2.17. The van der Waals surface area contributed by atoms with Crippen molar-refractivity contribution in [1.29, 1.82) is 0 Å². The molecule has 31 heavy (non-hydrogen) atoms. The summed E-state index contributed by atoms with van der Waals surface area (Å²) < 4.78 is 3.29. The minimum atomic E-state index is -0.465. The van der Waals surface area contributed by atoms with Gasteiger partial charge in [0.25, 0.3) is 5.56 Å². The Morgan fingerprint density at radius 2 is 1.68 bits per heavy atom. The van der Waals surface area contributed by atoms with Gasteiger partial charge in [-0.05, 0) is 21.9 Å². The molecule has 0 bridgehead atoms. The van der Waals surface area contributed by atoms with Crippen LogP contribution in [0.4, 0.5) is 0 Å². The first-order valence-corrected chi connectivity index (χ1v) is 10.9. The zero-order valence-electron chi connectivity index (χ0n) is 16.9. The topological polar surface area (TPSA) is 72.7 Å². The third-order valence-electron chi connectivity index (χ3n) is 5.39. The summed E-state index contributed by atoms with van der Waals surface area (Å²) in [6.45, 7) is 0.497. The molecular formula is C24H20N4O2S. The fourth-order valence-corrected chi connectivity index (χ4v) is 4.80. The summed E-state index contributed by atoms with van der Waals surface area (Å²) in [5, 5.41) is 3.10. The molecule has 0 aliphatic rings. The third kappa shape index (κ3) is 3.57. The second-order valence-electron chi connectivity index (χ2n) is 7.38. The molecule has 0 amide bonds. The summed E-state index contributed by atoms with van der Waals surface area (Å²) in [5.74, 6) is 0.700. The number of aromatic nitrogens is 4. The lowest BCUT2D eigenvalue weighted by atomic mass is 10.1. The SMILES string of the molecule is Cn1c(=O)[nH]c(=O)c2c1nc(SCc1cccc3ccccc13)n2Cc1ccccc1. The fraction of sp³-hybridized carbons (Fsp3) is 0.125. The molecule has 0 radical (unpaired) electrons. The molecule has 6 nitrogen and oxygen atoms in total. The number of H-pyrrole nitrogens is 1. The molecule has 5 aromatic rings. The summed E-state index contributed by atoms with van der Waals surface area (Å²) in [6.07, 6.45) is 0. The Kier molecular flexibility index (Phi) is 4.95. The first-order valence-electron chi connectivity index (χ1n) is 9.95. The average molecular weight is 429 g/mol. The summed E-state index contributed by atoms with van der Waals surface area (Å²) in [6, 6.07) is 24.5. The number of nitrogens with one attached hydrogen (secondary N) is 1. The zero-order valence-corrected chi connectivity index (χ0v) is 17.7. The van der Waals surface area contributed by atoms with Crippen molar-refractivity contribution < 1.29 is 0 Å². The minimum absolute atomic E-state index is 0.394. The lowest BCUT2D eigenvalue weighted by Gasteiger charge is -2.10. The Balaban J connectivity index is 1.61. The number of fused-ring (bicyclic) bond motifs is 2. The second kappa shape index (κ2) is 7.92. The van der Waals surface area contributed by atoms with Crippen LogP contribution in [0.25, 0.3) is 21.9 Å². The number of aryl methyl sites for hydroxylation is 1. The summed E-state index contributed by atoms with van der Waals surface area (Å²) in [7, 11) is 1.62. The van der Waals surface area contributed by atoms with E-state index in [-0.39, 0.29) is 0 Å². The highest BCUT2D eigenvalue weighted by atomic mass is 32.2. The quantitative estimate of drug-likeness (QED) is 0.431. The van der Waals surface area contributed by atoms with Gasteiger partial charge in [0.15, 0.2) is 16.3 Å². The number of rotatable bonds is 5. The molecule has 2 heterocycles. The number of thioether (sulfide) groups is 1. The largest absolute Gasteiger partial charge is 0.329 e. The maximum absolute atomic E-state index is 12.7. The van der Waals surface area contributed by atoms with Crippen LogP contribution in [0.3, 0.4) is 0 Å². The highest BCUT2D eigenvalue weighted by molar-refractivity contribution is 7.98. The monoisotopic (exact) mass is 428 g/mol. The molecule has 0 saturated carbocycles. The van der Waals surface area contributed by atoms with Gasteiger partial charge in [-0.1, -0.05) is 84.6 Å². The van der Waals surface area contributed by atoms with Crippen molar-refractivity contribution in [3.05, 3.63) is 105 Å². The van der Waals surface area contributed by atoms with Crippen molar-refractivity contribution >= 4 is 33.7 Å². The van der Waals surface area contributed by atoms with Gasteiger partial charge >= 0.3 is 5.69 Å². The van der Waals surface area contributed by atoms with Crippen LogP contribution in [0.2, 0.25) is 0 Å². The molecule has 0 fully saturated rings. The molecule has 0 unspecified atom stereocenters. The Labute approximate surface area is 182 Å². The second-order valence-corrected chi connectivity index (χ2v) is 8.33. The molecule has 5 rings (SSSR count). The molecular weight excluding hydrogens is 408 g/mol. The van der Waals surface area contributed by atoms with Gasteiger partial charge in [0.2, 0.25) is 0 Å². The molecule has 0 spiro atoms. The summed E-state index contributed by atoms with van der Waals surface area (Å²) >= 11 is 1.57. The highest BCUT2D eigenvalue weighted by Crippen LogP contribution is 2.29. The van der Waals surface area contributed by atoms with E-state index in [0.717, 1.165) is 5.56 Å². The Bertz CT molecular complexity index is 1510. The fourth-order valence-electron chi connectivity index (χ4n) is 3.80. The average Bonchev–Trinajstić information content (AvgIpc) is 3.15. The van der Waals surface area contributed by atoms with Crippen LogP contribution in [-0.2, 0) is 19.3 Å². The number of aromatic amines is 1. The molecule has 0 saturated heterocycles. The van der Waals surface area contributed by atoms with E-state index in [1.165, 1.54) is 20.9 Å². The molecule has 7 heteroatoms. The number of hydrogen-bond acceptors (Lipinski definition) is 4. The minimum Gasteiger partial charge on any atom is -0.309 e. The van der Waals surface area contributed by atoms with Gasteiger partial charge in [0, 0.05) is 12.8 Å². The van der Waals surface area contributed by atoms with E-state index < -0.39 is 11.2 Å². The molecule has 1 N–H and O–H groups in total. The number of benzene rings is 3. The van der Waals surface area contributed by atoms with Gasteiger partial charge in [0.1, 0.15) is 0 Å². The van der Waals surface area contributed by atoms with E-state index in [9.17, 15) is 9.59 Å². The molecule has 3 aromatic carbocycles. The van der Waals surface area contributed by atoms with Crippen LogP contribution in [0.5, 0.6) is 0 Å². The molecule has 154 valence electrons. The maximum atomic E-state index is 12.7. The van der Waals surface area contributed by atoms with Crippen LogP contribution in [-0.4, -0.2) is 19.1 Å². The van der Waals surface area contributed by atoms with Gasteiger partial charge in [-0.25, -0.2) is 9.78 Å². The zero-order chi connectivity index (χ0) is 21.4. The van der Waals surface area contributed by atoms with Crippen LogP contribution < -0.4 is 11.2 Å². The van der Waals surface area contributed by atoms with Gasteiger partial charge in [-0.15, -0.1) is 0 Å². The predicted octanol–water partition coefficient (Wildman–Crippen LogP) is 3.92. The smallest absolute Gasteiger partial charge is 0.309 e. The van der Waals surface area contributed by atoms with E-state index in [1.807, 2.05) is 47.0 Å². The van der Waals surface area contributed by atoms with Crippen LogP contribution >= 0.6 is 11.8 Å². The van der Waals surface area contributed by atoms with Crippen molar-refractivity contribution in [1.82, 2.24) is 19.1 Å². The van der Waals surface area contributed by atoms with E-state index >= 15 is 0 Å². The lowest BCUT2D eigenvalue weighted by Crippen LogP contribution is -2.29. The maximum Gasteiger partial charge on any atom is 0.329 e. The van der Waals surface area contributed by atoms with Crippen LogP contribution in [0.15, 0.2) is 87.5 Å². The third-order valence-corrected chi connectivity index (χ3v) is 6.42. The lowest BCUT2D eigenvalue weighted by molar-refractivity contribution is 0.728. The summed E-state index contributed by atoms with van der Waals surface area (Å²) in [4.78, 5) is 31.9. The first kappa shape index (κ1) is 19.4. The number of nitrogens with zero attached hydrogens (tertiary/aromatic N) is 3. The van der Waals surface area contributed by atoms with E-state index in [2.05, 4.69) is 35.3 Å². The Morgan fingerprint density at radius 3 is 2.52 bits per heavy atom. The van der Waals surface area contributed by atoms with Crippen molar-refractivity contribution in [2.75, 3.05) is 0 Å². The standard InChI is InChI=1S/C24H20N4O2S/c1-27-21-20(22(29)26-23(27)30)28(14-16-8-3-2-4-9-16)24(25-21)31-15-18-12-7-11-17-10-5-6-13-19(17)18/h2-13H,14-15H2,1H3,(H,26,29,30). The van der Waals surface area contributed by atoms with Crippen LogP contribution in [0, 0.1) is 0 Å². The van der Waals surface area contributed by atoms with E-state index in [4.69, 9.17) is 4.98 Å². The first-order chi connectivity index (χ1) is 15.1. The molecule has 0 atom stereocenters. The van der Waals surface area contributed by atoms with Gasteiger partial charge in [-0.2, -0.15) is 0 Å². The van der Waals surface area contributed by atoms with Gasteiger partial charge < -0.3 is 4.57 Å². The number of hydrogen-bond donors (Lipinski definition) is 1. The van der Waals surface area contributed by atoms with Gasteiger partial charge in [-0.3, -0.25) is 14.3 Å². The van der Waals surface area contributed by atoms with Crippen molar-refractivity contribution in [2.45, 2.75) is 17.5 Å². The molecule has 0 aliphatic carbocycles. The Hall–Kier alpha value is -3.58. The van der Waals surface area contributed by atoms with Crippen molar-refractivity contribution in [3.8, 4) is 0 Å². The predicted molar refractivity (Wildman–Crippen MR) is 125 cm³/mol. The normalized spacial score (nSPS) is 11.4. The van der Waals surface area contributed by atoms with Gasteiger partial charge in [0.05, 0.1) is 6.54 Å². The van der Waals surface area contributed by atoms with Crippen molar-refractivity contribution in [3.63, 3.8) is 0 Å². The molecule has 0 aliphatic heterocycles. The highest BCUT2D eigenvalue weighted by Gasteiger charge is 2.18. The molecule has 2 aromatic heterocycles. The van der Waals surface area contributed by atoms with E-state index in [0.29, 0.717) is 28.6 Å². The van der Waals surface area contributed by atoms with Crippen molar-refractivity contribution in [2.24, 2.45) is 7.05 Å². The van der Waals surface area contributed by atoms with E-state index in [1.54, 1.807) is 18.8 Å². The number of imidazole rings is 1.